The number of rotatable bonds is 5. The lowest BCUT2D eigenvalue weighted by Crippen LogP contribution is -2.51. The van der Waals surface area contributed by atoms with Crippen molar-refractivity contribution in [2.24, 2.45) is 0 Å². The Hall–Kier alpha value is -1.75. The van der Waals surface area contributed by atoms with Crippen molar-refractivity contribution in [3.8, 4) is 5.75 Å². The molecule has 0 aromatic heterocycles. The number of carbonyl (C=O) groups excluding carboxylic acids is 1. The second kappa shape index (κ2) is 6.28. The highest BCUT2D eigenvalue weighted by atomic mass is 16.5. The number of amides is 2. The largest absolute Gasteiger partial charge is 0.487 e. The van der Waals surface area contributed by atoms with Crippen molar-refractivity contribution in [2.45, 2.75) is 56.2 Å². The molecule has 0 radical (unpaired) electrons. The van der Waals surface area contributed by atoms with Crippen molar-refractivity contribution < 1.29 is 9.53 Å². The summed E-state index contributed by atoms with van der Waals surface area (Å²) in [5.74, 6) is 0.933. The van der Waals surface area contributed by atoms with Gasteiger partial charge in [-0.15, -0.1) is 0 Å². The van der Waals surface area contributed by atoms with Crippen LogP contribution in [0.4, 0.5) is 4.79 Å². The molecule has 3 aliphatic rings. The minimum atomic E-state index is -0.0737. The van der Waals surface area contributed by atoms with Crippen LogP contribution in [0.2, 0.25) is 0 Å². The van der Waals surface area contributed by atoms with Crippen LogP contribution >= 0.6 is 0 Å². The minimum absolute atomic E-state index is 0.0383. The zero-order valence-corrected chi connectivity index (χ0v) is 14.4. The van der Waals surface area contributed by atoms with E-state index in [0.717, 1.165) is 43.2 Å². The van der Waals surface area contributed by atoms with Gasteiger partial charge in [-0.3, -0.25) is 0 Å². The highest BCUT2D eigenvalue weighted by molar-refractivity contribution is 5.74. The molecule has 5 heteroatoms. The average Bonchev–Trinajstić information content (AvgIpc) is 3.38. The average molecular weight is 329 g/mol. The molecule has 0 bridgehead atoms. The summed E-state index contributed by atoms with van der Waals surface area (Å²) in [5.41, 5.74) is 1.04. The van der Waals surface area contributed by atoms with Crippen LogP contribution in [-0.4, -0.2) is 42.7 Å². The van der Waals surface area contributed by atoms with Gasteiger partial charge in [-0.2, -0.15) is 0 Å². The molecule has 2 N–H and O–H groups in total. The lowest BCUT2D eigenvalue weighted by atomic mass is 9.73. The Morgan fingerprint density at radius 1 is 1.33 bits per heavy atom. The van der Waals surface area contributed by atoms with E-state index in [9.17, 15) is 4.79 Å². The molecule has 1 spiro atoms. The van der Waals surface area contributed by atoms with Crippen LogP contribution in [0.25, 0.3) is 0 Å². The van der Waals surface area contributed by atoms with Crippen LogP contribution < -0.4 is 15.4 Å². The van der Waals surface area contributed by atoms with E-state index in [0.29, 0.717) is 6.54 Å². The molecule has 130 valence electrons. The molecule has 0 unspecified atom stereocenters. The number of nitrogens with one attached hydrogen (secondary N) is 2. The third-order valence-electron chi connectivity index (χ3n) is 5.69. The number of urea groups is 1. The van der Waals surface area contributed by atoms with Crippen LogP contribution in [0.5, 0.6) is 5.75 Å². The van der Waals surface area contributed by atoms with E-state index in [2.05, 4.69) is 28.6 Å². The molecule has 2 saturated carbocycles. The number of hydrogen-bond donors (Lipinski definition) is 2. The number of hydrogen-bond acceptors (Lipinski definition) is 3. The Labute approximate surface area is 143 Å². The number of ether oxygens (including phenoxy) is 1. The summed E-state index contributed by atoms with van der Waals surface area (Å²) in [6.45, 7) is 1.60. The van der Waals surface area contributed by atoms with Gasteiger partial charge in [0.15, 0.2) is 0 Å². The molecule has 1 aromatic rings. The van der Waals surface area contributed by atoms with Gasteiger partial charge in [-0.25, -0.2) is 4.79 Å². The van der Waals surface area contributed by atoms with E-state index >= 15 is 0 Å². The van der Waals surface area contributed by atoms with E-state index in [4.69, 9.17) is 4.74 Å². The van der Waals surface area contributed by atoms with E-state index in [1.165, 1.54) is 19.3 Å². The van der Waals surface area contributed by atoms with Gasteiger partial charge in [0.05, 0.1) is 6.04 Å². The molecule has 5 nitrogen and oxygen atoms in total. The zero-order valence-electron chi connectivity index (χ0n) is 14.4. The highest BCUT2D eigenvalue weighted by Crippen LogP contribution is 2.48. The van der Waals surface area contributed by atoms with Gasteiger partial charge < -0.3 is 20.3 Å². The van der Waals surface area contributed by atoms with Crippen LogP contribution in [-0.2, 0) is 0 Å². The van der Waals surface area contributed by atoms with Crippen molar-refractivity contribution in [3.05, 3.63) is 29.8 Å². The van der Waals surface area contributed by atoms with Crippen LogP contribution in [0.15, 0.2) is 24.3 Å². The first kappa shape index (κ1) is 15.8. The first-order chi connectivity index (χ1) is 11.7. The Morgan fingerprint density at radius 3 is 2.83 bits per heavy atom. The van der Waals surface area contributed by atoms with E-state index in [1.54, 1.807) is 0 Å². The van der Waals surface area contributed by atoms with Crippen LogP contribution in [0.1, 0.15) is 50.1 Å². The van der Waals surface area contributed by atoms with Crippen molar-refractivity contribution >= 4 is 6.03 Å². The van der Waals surface area contributed by atoms with Gasteiger partial charge in [0, 0.05) is 31.1 Å². The number of benzene rings is 1. The maximum atomic E-state index is 12.3. The predicted molar refractivity (Wildman–Crippen MR) is 93.2 cm³/mol. The summed E-state index contributed by atoms with van der Waals surface area (Å²) in [5, 5.41) is 6.17. The molecule has 0 saturated heterocycles. The molecular weight excluding hydrogens is 302 g/mol. The molecule has 24 heavy (non-hydrogen) atoms. The van der Waals surface area contributed by atoms with Gasteiger partial charge in [-0.1, -0.05) is 18.2 Å². The Balaban J connectivity index is 1.35. The second-order valence-electron chi connectivity index (χ2n) is 7.55. The fourth-order valence-corrected chi connectivity index (χ4v) is 3.88. The number of likely N-dealkylation sites (N-methyl/N-ethyl adjacent to an activating group) is 1. The van der Waals surface area contributed by atoms with Crippen molar-refractivity contribution in [2.75, 3.05) is 20.1 Å². The predicted octanol–water partition coefficient (Wildman–Crippen LogP) is 2.83. The molecule has 1 atom stereocenters. The quantitative estimate of drug-likeness (QED) is 0.873. The summed E-state index contributed by atoms with van der Waals surface area (Å²) < 4.78 is 6.23. The topological polar surface area (TPSA) is 53.6 Å². The first-order valence-electron chi connectivity index (χ1n) is 9.18. The Morgan fingerprint density at radius 2 is 2.12 bits per heavy atom. The maximum Gasteiger partial charge on any atom is 0.315 e. The molecule has 2 aliphatic carbocycles. The van der Waals surface area contributed by atoms with Gasteiger partial charge in [0.2, 0.25) is 0 Å². The summed E-state index contributed by atoms with van der Waals surface area (Å²) in [7, 11) is 2.13. The highest BCUT2D eigenvalue weighted by Gasteiger charge is 2.45. The number of nitrogens with zero attached hydrogens (tertiary/aromatic N) is 1. The van der Waals surface area contributed by atoms with Crippen molar-refractivity contribution in [3.63, 3.8) is 0 Å². The molecule has 1 aromatic carbocycles. The summed E-state index contributed by atoms with van der Waals surface area (Å²) in [4.78, 5) is 14.7. The minimum Gasteiger partial charge on any atom is -0.487 e. The molecule has 4 rings (SSSR count). The Bertz CT molecular complexity index is 610. The fourth-order valence-electron chi connectivity index (χ4n) is 3.88. The van der Waals surface area contributed by atoms with E-state index in [-0.39, 0.29) is 17.7 Å². The lowest BCUT2D eigenvalue weighted by molar-refractivity contribution is -0.0355. The number of fused-ring (bicyclic) bond motifs is 1. The molecule has 1 heterocycles. The molecule has 1 aliphatic heterocycles. The van der Waals surface area contributed by atoms with Gasteiger partial charge in [-0.05, 0) is 45.2 Å². The third kappa shape index (κ3) is 3.22. The molecule has 2 fully saturated rings. The summed E-state index contributed by atoms with van der Waals surface area (Å²) in [6.07, 6.45) is 6.86. The zero-order chi connectivity index (χ0) is 16.6. The van der Waals surface area contributed by atoms with E-state index in [1.807, 2.05) is 18.2 Å². The van der Waals surface area contributed by atoms with E-state index < -0.39 is 0 Å². The monoisotopic (exact) mass is 329 g/mol. The van der Waals surface area contributed by atoms with Gasteiger partial charge >= 0.3 is 6.03 Å². The summed E-state index contributed by atoms with van der Waals surface area (Å²) in [6, 6.07) is 8.79. The van der Waals surface area contributed by atoms with Gasteiger partial charge in [0.25, 0.3) is 0 Å². The Kier molecular flexibility index (Phi) is 4.12. The van der Waals surface area contributed by atoms with Crippen LogP contribution in [0, 0.1) is 0 Å². The summed E-state index contributed by atoms with van der Waals surface area (Å²) >= 11 is 0. The standard InChI is InChI=1S/C19H27N3O2/c1-22(14-7-8-14)12-11-20-18(23)21-16-13-19(9-4-10-19)24-17-6-3-2-5-15(16)17/h2-3,5-6,14,16H,4,7-13H2,1H3,(H2,20,21,23)/t16-/m1/s1. The van der Waals surface area contributed by atoms with Crippen LogP contribution in [0.3, 0.4) is 0 Å². The number of carbonyl (C=O) groups is 1. The maximum absolute atomic E-state index is 12.3. The molecular formula is C19H27N3O2. The smallest absolute Gasteiger partial charge is 0.315 e. The van der Waals surface area contributed by atoms with Gasteiger partial charge in [0.1, 0.15) is 11.4 Å². The van der Waals surface area contributed by atoms with Crippen molar-refractivity contribution in [1.29, 1.82) is 0 Å². The molecule has 2 amide bonds. The SMILES string of the molecule is CN(CCNC(=O)N[C@@H]1CC2(CCC2)Oc2ccccc21)C1CC1. The fraction of sp³-hybridized carbons (Fsp3) is 0.632. The lowest BCUT2D eigenvalue weighted by Gasteiger charge is -2.48. The first-order valence-corrected chi connectivity index (χ1v) is 9.18. The number of para-hydroxylation sites is 1. The second-order valence-corrected chi connectivity index (χ2v) is 7.55. The normalized spacial score (nSPS) is 24.0. The van der Waals surface area contributed by atoms with Crippen molar-refractivity contribution in [1.82, 2.24) is 15.5 Å². The third-order valence-corrected chi connectivity index (χ3v) is 5.69.